The lowest BCUT2D eigenvalue weighted by Gasteiger charge is -2.42. The van der Waals surface area contributed by atoms with Crippen molar-refractivity contribution in [3.63, 3.8) is 0 Å². The molecule has 0 bridgehead atoms. The van der Waals surface area contributed by atoms with Crippen LogP contribution in [0.25, 0.3) is 0 Å². The Morgan fingerprint density at radius 3 is 2.32 bits per heavy atom. The third kappa shape index (κ3) is 3.69. The Labute approximate surface area is 180 Å². The average molecular weight is 423 g/mol. The summed E-state index contributed by atoms with van der Waals surface area (Å²) >= 11 is 0. The van der Waals surface area contributed by atoms with Crippen LogP contribution in [0.4, 0.5) is 10.5 Å². The van der Waals surface area contributed by atoms with Gasteiger partial charge >= 0.3 is 12.1 Å². The molecule has 2 heterocycles. The van der Waals surface area contributed by atoms with Crippen molar-refractivity contribution >= 4 is 23.7 Å². The molecule has 2 aliphatic rings. The third-order valence-electron chi connectivity index (χ3n) is 6.23. The standard InChI is InChI=1S/C23H25N3O5/c1-31-20(27)19-10-6-5-7-17(19)15-25-16-26(18-8-3-2-4-9-18)23(21(25)28)11-13-24(14-12-23)22(29)30/h2-10H,11-16H2,1H3,(H,29,30). The molecule has 0 unspecified atom stereocenters. The fourth-order valence-electron chi connectivity index (χ4n) is 4.56. The topological polar surface area (TPSA) is 90.4 Å². The summed E-state index contributed by atoms with van der Waals surface area (Å²) in [5, 5.41) is 9.34. The highest BCUT2D eigenvalue weighted by molar-refractivity contribution is 5.94. The number of amides is 2. The van der Waals surface area contributed by atoms with E-state index in [0.29, 0.717) is 38.2 Å². The Morgan fingerprint density at radius 1 is 1.03 bits per heavy atom. The number of anilines is 1. The summed E-state index contributed by atoms with van der Waals surface area (Å²) in [4.78, 5) is 42.5. The molecule has 2 aromatic rings. The molecule has 0 aromatic heterocycles. The van der Waals surface area contributed by atoms with Gasteiger partial charge in [-0.2, -0.15) is 0 Å². The van der Waals surface area contributed by atoms with Crippen molar-refractivity contribution in [2.45, 2.75) is 24.9 Å². The normalized spacial score (nSPS) is 17.8. The molecular formula is C23H25N3O5. The highest BCUT2D eigenvalue weighted by Crippen LogP contribution is 2.40. The van der Waals surface area contributed by atoms with E-state index in [1.807, 2.05) is 42.5 Å². The summed E-state index contributed by atoms with van der Waals surface area (Å²) in [6, 6.07) is 16.8. The maximum Gasteiger partial charge on any atom is 0.407 e. The first kappa shape index (κ1) is 20.7. The Kier molecular flexibility index (Phi) is 5.54. The highest BCUT2D eigenvalue weighted by Gasteiger charge is 2.54. The van der Waals surface area contributed by atoms with E-state index in [1.54, 1.807) is 17.0 Å². The summed E-state index contributed by atoms with van der Waals surface area (Å²) in [5.74, 6) is -0.479. The number of hydrogen-bond donors (Lipinski definition) is 1. The number of likely N-dealkylation sites (tertiary alicyclic amines) is 1. The number of benzene rings is 2. The smallest absolute Gasteiger partial charge is 0.407 e. The maximum atomic E-state index is 13.7. The van der Waals surface area contributed by atoms with Crippen LogP contribution in [0.2, 0.25) is 0 Å². The number of para-hydroxylation sites is 1. The quantitative estimate of drug-likeness (QED) is 0.761. The second-order valence-electron chi connectivity index (χ2n) is 7.86. The molecule has 162 valence electrons. The van der Waals surface area contributed by atoms with Crippen LogP contribution >= 0.6 is 0 Å². The molecule has 0 aliphatic carbocycles. The molecule has 0 radical (unpaired) electrons. The zero-order valence-corrected chi connectivity index (χ0v) is 17.4. The van der Waals surface area contributed by atoms with Gasteiger partial charge in [0.05, 0.1) is 19.3 Å². The van der Waals surface area contributed by atoms with Crippen LogP contribution in [0.3, 0.4) is 0 Å². The number of carbonyl (C=O) groups excluding carboxylic acids is 2. The molecule has 8 nitrogen and oxygen atoms in total. The number of methoxy groups -OCH3 is 1. The van der Waals surface area contributed by atoms with Gasteiger partial charge in [0, 0.05) is 25.3 Å². The molecule has 0 saturated carbocycles. The van der Waals surface area contributed by atoms with Crippen LogP contribution in [0.15, 0.2) is 54.6 Å². The van der Waals surface area contributed by atoms with E-state index in [-0.39, 0.29) is 12.5 Å². The van der Waals surface area contributed by atoms with Crippen molar-refractivity contribution in [3.8, 4) is 0 Å². The number of esters is 1. The number of carboxylic acid groups (broad SMARTS) is 1. The largest absolute Gasteiger partial charge is 0.465 e. The minimum absolute atomic E-state index is 0.0407. The summed E-state index contributed by atoms with van der Waals surface area (Å²) in [7, 11) is 1.34. The first-order chi connectivity index (χ1) is 15.0. The second kappa shape index (κ2) is 8.29. The predicted octanol–water partition coefficient (Wildman–Crippen LogP) is 2.79. The maximum absolute atomic E-state index is 13.7. The molecule has 2 amide bonds. The molecule has 2 aliphatic heterocycles. The van der Waals surface area contributed by atoms with Gasteiger partial charge in [0.2, 0.25) is 5.91 Å². The summed E-state index contributed by atoms with van der Waals surface area (Å²) in [5.41, 5.74) is 1.28. The number of rotatable bonds is 4. The van der Waals surface area contributed by atoms with Crippen molar-refractivity contribution in [3.05, 3.63) is 65.7 Å². The van der Waals surface area contributed by atoms with Gasteiger partial charge < -0.3 is 24.5 Å². The fraction of sp³-hybridized carbons (Fsp3) is 0.348. The van der Waals surface area contributed by atoms with E-state index in [1.165, 1.54) is 12.0 Å². The molecule has 2 saturated heterocycles. The number of carbonyl (C=O) groups is 3. The first-order valence-corrected chi connectivity index (χ1v) is 10.2. The highest BCUT2D eigenvalue weighted by atomic mass is 16.5. The van der Waals surface area contributed by atoms with Crippen LogP contribution in [-0.4, -0.2) is 65.3 Å². The van der Waals surface area contributed by atoms with Gasteiger partial charge in [-0.3, -0.25) is 4.79 Å². The van der Waals surface area contributed by atoms with E-state index >= 15 is 0 Å². The van der Waals surface area contributed by atoms with Gasteiger partial charge in [0.1, 0.15) is 5.54 Å². The van der Waals surface area contributed by atoms with E-state index in [0.717, 1.165) is 11.3 Å². The SMILES string of the molecule is COC(=O)c1ccccc1CN1CN(c2ccccc2)C2(CCN(C(=O)O)CC2)C1=O. The molecule has 1 N–H and O–H groups in total. The Bertz CT molecular complexity index is 986. The Balaban J connectivity index is 1.66. The zero-order chi connectivity index (χ0) is 22.0. The number of piperidine rings is 1. The van der Waals surface area contributed by atoms with Crippen LogP contribution in [0.5, 0.6) is 0 Å². The summed E-state index contributed by atoms with van der Waals surface area (Å²) in [6.07, 6.45) is -0.125. The molecule has 0 atom stereocenters. The molecule has 4 rings (SSSR count). The van der Waals surface area contributed by atoms with Crippen molar-refractivity contribution in [1.82, 2.24) is 9.80 Å². The summed E-state index contributed by atoms with van der Waals surface area (Å²) in [6.45, 7) is 1.25. The van der Waals surface area contributed by atoms with Crippen molar-refractivity contribution in [1.29, 1.82) is 0 Å². The first-order valence-electron chi connectivity index (χ1n) is 10.2. The monoisotopic (exact) mass is 423 g/mol. The van der Waals surface area contributed by atoms with Gasteiger partial charge in [-0.05, 0) is 36.6 Å². The molecule has 1 spiro atoms. The average Bonchev–Trinajstić information content (AvgIpc) is 3.06. The zero-order valence-electron chi connectivity index (χ0n) is 17.4. The molecule has 8 heteroatoms. The van der Waals surface area contributed by atoms with Gasteiger partial charge in [-0.25, -0.2) is 9.59 Å². The Morgan fingerprint density at radius 2 is 1.68 bits per heavy atom. The molecule has 2 aromatic carbocycles. The van der Waals surface area contributed by atoms with E-state index in [2.05, 4.69) is 4.90 Å². The van der Waals surface area contributed by atoms with E-state index in [4.69, 9.17) is 4.74 Å². The van der Waals surface area contributed by atoms with Crippen LogP contribution < -0.4 is 4.90 Å². The van der Waals surface area contributed by atoms with Crippen molar-refractivity contribution in [2.24, 2.45) is 0 Å². The fourth-order valence-corrected chi connectivity index (χ4v) is 4.56. The number of hydrogen-bond acceptors (Lipinski definition) is 5. The van der Waals surface area contributed by atoms with Crippen LogP contribution in [-0.2, 0) is 16.1 Å². The van der Waals surface area contributed by atoms with Crippen molar-refractivity contribution < 1.29 is 24.2 Å². The van der Waals surface area contributed by atoms with E-state index < -0.39 is 17.6 Å². The van der Waals surface area contributed by atoms with Gasteiger partial charge in [-0.1, -0.05) is 36.4 Å². The van der Waals surface area contributed by atoms with Gasteiger partial charge in [0.15, 0.2) is 0 Å². The molecule has 2 fully saturated rings. The third-order valence-corrected chi connectivity index (χ3v) is 6.23. The second-order valence-corrected chi connectivity index (χ2v) is 7.86. The number of nitrogens with zero attached hydrogens (tertiary/aromatic N) is 3. The van der Waals surface area contributed by atoms with Gasteiger partial charge in [0.25, 0.3) is 0 Å². The number of ether oxygens (including phenoxy) is 1. The molecular weight excluding hydrogens is 398 g/mol. The lowest BCUT2D eigenvalue weighted by Crippen LogP contribution is -2.57. The molecule has 31 heavy (non-hydrogen) atoms. The van der Waals surface area contributed by atoms with Crippen LogP contribution in [0.1, 0.15) is 28.8 Å². The predicted molar refractivity (Wildman–Crippen MR) is 114 cm³/mol. The van der Waals surface area contributed by atoms with Crippen molar-refractivity contribution in [2.75, 3.05) is 31.8 Å². The van der Waals surface area contributed by atoms with Gasteiger partial charge in [-0.15, -0.1) is 0 Å². The summed E-state index contributed by atoms with van der Waals surface area (Å²) < 4.78 is 4.89. The van der Waals surface area contributed by atoms with E-state index in [9.17, 15) is 19.5 Å². The van der Waals surface area contributed by atoms with Crippen LogP contribution in [0, 0.1) is 0 Å². The lowest BCUT2D eigenvalue weighted by atomic mass is 9.85. The minimum Gasteiger partial charge on any atom is -0.465 e. The minimum atomic E-state index is -0.963. The lowest BCUT2D eigenvalue weighted by molar-refractivity contribution is -0.134. The Hall–Kier alpha value is -3.55.